The van der Waals surface area contributed by atoms with Gasteiger partial charge in [-0.2, -0.15) is 0 Å². The number of methoxy groups -OCH3 is 1. The molecule has 0 saturated carbocycles. The van der Waals surface area contributed by atoms with E-state index in [2.05, 4.69) is 19.7 Å². The third-order valence-electron chi connectivity index (χ3n) is 1.88. The Morgan fingerprint density at radius 1 is 1.57 bits per heavy atom. The molecule has 1 atom stereocenters. The molecule has 0 aromatic heterocycles. The fourth-order valence-electron chi connectivity index (χ4n) is 1.22. The number of hydrogen-bond donors (Lipinski definition) is 0. The van der Waals surface area contributed by atoms with E-state index in [0.717, 1.165) is 0 Å². The summed E-state index contributed by atoms with van der Waals surface area (Å²) in [5.74, 6) is -0.439. The second-order valence-corrected chi connectivity index (χ2v) is 3.01. The van der Waals surface area contributed by atoms with Gasteiger partial charge in [0.25, 0.3) is 0 Å². The van der Waals surface area contributed by atoms with E-state index in [1.54, 1.807) is 0 Å². The first-order valence-corrected chi connectivity index (χ1v) is 4.23. The van der Waals surface area contributed by atoms with Crippen molar-refractivity contribution in [3.05, 3.63) is 11.1 Å². The van der Waals surface area contributed by atoms with E-state index in [9.17, 15) is 4.79 Å². The summed E-state index contributed by atoms with van der Waals surface area (Å²) in [5, 5.41) is 0.141. The fraction of sp³-hybridized carbons (Fsp3) is 0.250. The highest BCUT2D eigenvalue weighted by Crippen LogP contribution is 2.22. The number of fused-ring (bicyclic) bond motifs is 1. The average molecular weight is 212 g/mol. The van der Waals surface area contributed by atoms with Crippen LogP contribution in [0.3, 0.4) is 0 Å². The Bertz CT molecular complexity index is 409. The number of carbonyl (C=O) groups is 1. The van der Waals surface area contributed by atoms with Gasteiger partial charge in [0.1, 0.15) is 0 Å². The van der Waals surface area contributed by atoms with Crippen molar-refractivity contribution >= 4 is 35.3 Å². The molecule has 0 amide bonds. The van der Waals surface area contributed by atoms with Crippen molar-refractivity contribution in [3.8, 4) is 0 Å². The molecule has 0 aromatic carbocycles. The van der Waals surface area contributed by atoms with Crippen LogP contribution in [0.1, 0.15) is 0 Å². The molecule has 0 fully saturated rings. The number of aliphatic imine (C=N–C) groups is 3. The van der Waals surface area contributed by atoms with Gasteiger partial charge >= 0.3 is 5.97 Å². The molecule has 0 saturated heterocycles. The lowest BCUT2D eigenvalue weighted by Gasteiger charge is -2.08. The maximum Gasteiger partial charge on any atom is 0.339 e. The number of esters is 1. The van der Waals surface area contributed by atoms with E-state index in [1.807, 2.05) is 0 Å². The third kappa shape index (κ3) is 1.35. The minimum Gasteiger partial charge on any atom is -0.465 e. The lowest BCUT2D eigenvalue weighted by Crippen LogP contribution is -2.14. The highest BCUT2D eigenvalue weighted by atomic mass is 35.5. The van der Waals surface area contributed by atoms with Gasteiger partial charge < -0.3 is 4.74 Å². The first-order valence-electron chi connectivity index (χ1n) is 3.85. The summed E-state index contributed by atoms with van der Waals surface area (Å²) in [6.45, 7) is 0. The van der Waals surface area contributed by atoms with Crippen molar-refractivity contribution in [1.82, 2.24) is 0 Å². The van der Waals surface area contributed by atoms with Crippen LogP contribution in [-0.2, 0) is 9.53 Å². The number of nitrogens with zero attached hydrogens (tertiary/aromatic N) is 3. The van der Waals surface area contributed by atoms with Crippen LogP contribution in [-0.4, -0.2) is 37.0 Å². The molecule has 0 spiro atoms. The van der Waals surface area contributed by atoms with Crippen molar-refractivity contribution in [2.75, 3.05) is 7.11 Å². The summed E-state index contributed by atoms with van der Waals surface area (Å²) in [6, 6.07) is 0. The van der Waals surface area contributed by atoms with Gasteiger partial charge in [0, 0.05) is 18.0 Å². The van der Waals surface area contributed by atoms with E-state index in [4.69, 9.17) is 11.6 Å². The zero-order chi connectivity index (χ0) is 10.1. The lowest BCUT2D eigenvalue weighted by molar-refractivity contribution is -0.135. The van der Waals surface area contributed by atoms with E-state index in [1.165, 1.54) is 19.5 Å². The van der Waals surface area contributed by atoms with Crippen LogP contribution in [0.4, 0.5) is 0 Å². The second-order valence-electron chi connectivity index (χ2n) is 2.67. The molecule has 2 rings (SSSR count). The van der Waals surface area contributed by atoms with Crippen LogP contribution in [0.2, 0.25) is 0 Å². The molecule has 5 nitrogen and oxygen atoms in total. The number of ether oxygens (including phenoxy) is 1. The normalized spacial score (nSPS) is 23.6. The van der Waals surface area contributed by atoms with Gasteiger partial charge in [-0.1, -0.05) is 0 Å². The maximum absolute atomic E-state index is 11.2. The molecule has 2 heterocycles. The van der Waals surface area contributed by atoms with Crippen molar-refractivity contribution in [2.45, 2.75) is 6.17 Å². The van der Waals surface area contributed by atoms with E-state index in [0.29, 0.717) is 11.1 Å². The quantitative estimate of drug-likeness (QED) is 0.470. The predicted molar refractivity (Wildman–Crippen MR) is 53.1 cm³/mol. The van der Waals surface area contributed by atoms with E-state index in [-0.39, 0.29) is 5.29 Å². The Morgan fingerprint density at radius 3 is 3.07 bits per heavy atom. The SMILES string of the molecule is COC(=O)C1=C2C=NC(Cl)=N[C@@H]2N=C1. The van der Waals surface area contributed by atoms with Gasteiger partial charge in [0.05, 0.1) is 12.7 Å². The van der Waals surface area contributed by atoms with Gasteiger partial charge in [-0.3, -0.25) is 4.99 Å². The fourth-order valence-corrected chi connectivity index (χ4v) is 1.36. The summed E-state index contributed by atoms with van der Waals surface area (Å²) < 4.78 is 4.58. The molecule has 72 valence electrons. The monoisotopic (exact) mass is 211 g/mol. The third-order valence-corrected chi connectivity index (χ3v) is 2.07. The smallest absolute Gasteiger partial charge is 0.339 e. The molecular formula is C8H6ClN3O2. The number of halogens is 1. The van der Waals surface area contributed by atoms with Gasteiger partial charge in [-0.15, -0.1) is 0 Å². The number of carbonyl (C=O) groups excluding carboxylic acids is 1. The zero-order valence-corrected chi connectivity index (χ0v) is 8.02. The zero-order valence-electron chi connectivity index (χ0n) is 7.27. The van der Waals surface area contributed by atoms with Crippen LogP contribution in [0.15, 0.2) is 26.1 Å². The molecule has 0 aromatic rings. The van der Waals surface area contributed by atoms with Crippen molar-refractivity contribution < 1.29 is 9.53 Å². The molecule has 6 heteroatoms. The van der Waals surface area contributed by atoms with Gasteiger partial charge in [0.2, 0.25) is 5.29 Å². The molecule has 0 aliphatic carbocycles. The topological polar surface area (TPSA) is 63.4 Å². The Balaban J connectivity index is 2.38. The summed E-state index contributed by atoms with van der Waals surface area (Å²) in [6.07, 6.45) is 2.48. The maximum atomic E-state index is 11.2. The van der Waals surface area contributed by atoms with Gasteiger partial charge in [0.15, 0.2) is 6.17 Å². The molecule has 2 aliphatic rings. The molecule has 2 aliphatic heterocycles. The lowest BCUT2D eigenvalue weighted by atomic mass is 10.1. The van der Waals surface area contributed by atoms with E-state index >= 15 is 0 Å². The summed E-state index contributed by atoms with van der Waals surface area (Å²) >= 11 is 5.58. The van der Waals surface area contributed by atoms with Crippen molar-refractivity contribution in [3.63, 3.8) is 0 Å². The highest BCUT2D eigenvalue weighted by molar-refractivity contribution is 6.65. The van der Waals surface area contributed by atoms with E-state index < -0.39 is 12.1 Å². The largest absolute Gasteiger partial charge is 0.465 e. The Hall–Kier alpha value is -1.49. The number of amidine groups is 1. The van der Waals surface area contributed by atoms with Gasteiger partial charge in [-0.05, 0) is 11.6 Å². The van der Waals surface area contributed by atoms with Crippen LogP contribution < -0.4 is 0 Å². The van der Waals surface area contributed by atoms with Crippen LogP contribution >= 0.6 is 11.6 Å². The van der Waals surface area contributed by atoms with Crippen molar-refractivity contribution in [1.29, 1.82) is 0 Å². The average Bonchev–Trinajstić information content (AvgIpc) is 2.59. The summed E-state index contributed by atoms with van der Waals surface area (Å²) in [7, 11) is 1.31. The second kappa shape index (κ2) is 3.34. The molecule has 14 heavy (non-hydrogen) atoms. The summed E-state index contributed by atoms with van der Waals surface area (Å²) in [4.78, 5) is 22.9. The molecule has 0 bridgehead atoms. The standard InChI is InChI=1S/C8H6ClN3O2/c1-14-7(13)5-3-10-6-4(5)2-11-8(9)12-6/h2-3,6H,1H3/t6-/m0/s1. The molecular weight excluding hydrogens is 206 g/mol. The predicted octanol–water partition coefficient (Wildman–Crippen LogP) is 0.546. The van der Waals surface area contributed by atoms with Gasteiger partial charge in [-0.25, -0.2) is 14.8 Å². The molecule has 0 unspecified atom stereocenters. The number of hydrogen-bond acceptors (Lipinski definition) is 5. The summed E-state index contributed by atoms with van der Waals surface area (Å²) in [5.41, 5.74) is 1.01. The molecule has 0 N–H and O–H groups in total. The van der Waals surface area contributed by atoms with Crippen LogP contribution in [0, 0.1) is 0 Å². The van der Waals surface area contributed by atoms with Crippen LogP contribution in [0.5, 0.6) is 0 Å². The molecule has 0 radical (unpaired) electrons. The van der Waals surface area contributed by atoms with Crippen molar-refractivity contribution in [2.24, 2.45) is 15.0 Å². The Labute approximate surface area is 84.9 Å². The minimum absolute atomic E-state index is 0.141. The minimum atomic E-state index is -0.439. The Kier molecular flexibility index (Phi) is 2.17. The number of rotatable bonds is 1. The Morgan fingerprint density at radius 2 is 2.36 bits per heavy atom. The first-order chi connectivity index (χ1) is 6.72. The van der Waals surface area contributed by atoms with Crippen LogP contribution in [0.25, 0.3) is 0 Å². The first kappa shape index (κ1) is 9.08. The highest BCUT2D eigenvalue weighted by Gasteiger charge is 2.27.